The largest absolute Gasteiger partial charge is 0.506 e. The van der Waals surface area contributed by atoms with E-state index in [4.69, 9.17) is 5.11 Å². The minimum absolute atomic E-state index is 0.0385. The van der Waals surface area contributed by atoms with Gasteiger partial charge in [0.2, 0.25) is 5.91 Å². The van der Waals surface area contributed by atoms with Crippen molar-refractivity contribution >= 4 is 23.6 Å². The Bertz CT molecular complexity index is 544. The lowest BCUT2D eigenvalue weighted by molar-refractivity contribution is -0.122. The van der Waals surface area contributed by atoms with Crippen LogP contribution in [-0.4, -0.2) is 41.2 Å². The third-order valence-corrected chi connectivity index (χ3v) is 2.48. The summed E-state index contributed by atoms with van der Waals surface area (Å²) >= 11 is 0. The first-order chi connectivity index (χ1) is 9.35. The third kappa shape index (κ3) is 3.87. The van der Waals surface area contributed by atoms with Crippen molar-refractivity contribution in [1.82, 2.24) is 10.6 Å². The number of phenols is 1. The van der Waals surface area contributed by atoms with Crippen LogP contribution < -0.4 is 16.0 Å². The summed E-state index contributed by atoms with van der Waals surface area (Å²) in [5, 5.41) is 25.4. The molecule has 3 amide bonds. The number of carboxylic acids is 1. The van der Waals surface area contributed by atoms with Crippen LogP contribution in [0.2, 0.25) is 0 Å². The highest BCUT2D eigenvalue weighted by atomic mass is 16.4. The molecule has 5 N–H and O–H groups in total. The zero-order chi connectivity index (χ0) is 15.3. The van der Waals surface area contributed by atoms with E-state index in [-0.39, 0.29) is 22.9 Å². The van der Waals surface area contributed by atoms with Crippen LogP contribution in [0.4, 0.5) is 10.5 Å². The van der Waals surface area contributed by atoms with Gasteiger partial charge in [-0.1, -0.05) is 0 Å². The van der Waals surface area contributed by atoms with E-state index >= 15 is 0 Å². The number of hydrogen-bond acceptors (Lipinski definition) is 4. The van der Waals surface area contributed by atoms with Crippen LogP contribution in [0.1, 0.15) is 17.3 Å². The van der Waals surface area contributed by atoms with Gasteiger partial charge in [0.05, 0.1) is 11.3 Å². The summed E-state index contributed by atoms with van der Waals surface area (Å²) in [6, 6.07) is 2.06. The number of amides is 3. The molecular weight excluding hydrogens is 266 g/mol. The SMILES string of the molecule is CNC(=O)C(C)NC(=O)Nc1ccc(C(=O)O)cc1O. The normalized spacial score (nSPS) is 11.3. The number of carbonyl (C=O) groups excluding carboxylic acids is 2. The molecule has 0 aliphatic rings. The maximum atomic E-state index is 11.6. The molecule has 0 bridgehead atoms. The molecular formula is C12H15N3O5. The van der Waals surface area contributed by atoms with Crippen LogP contribution in [0.25, 0.3) is 0 Å². The van der Waals surface area contributed by atoms with E-state index in [1.807, 2.05) is 0 Å². The molecule has 1 unspecified atom stereocenters. The van der Waals surface area contributed by atoms with Crippen molar-refractivity contribution < 1.29 is 24.6 Å². The van der Waals surface area contributed by atoms with Gasteiger partial charge in [0.1, 0.15) is 11.8 Å². The summed E-state index contributed by atoms with van der Waals surface area (Å²) in [6.07, 6.45) is 0. The summed E-state index contributed by atoms with van der Waals surface area (Å²) in [4.78, 5) is 33.5. The summed E-state index contributed by atoms with van der Waals surface area (Å²) in [6.45, 7) is 1.49. The standard InChI is InChI=1S/C12H15N3O5/c1-6(10(17)13-2)14-12(20)15-8-4-3-7(11(18)19)5-9(8)16/h3-6,16H,1-2H3,(H,13,17)(H,18,19)(H2,14,15,20). The molecule has 0 saturated carbocycles. The number of rotatable bonds is 4. The first-order valence-electron chi connectivity index (χ1n) is 5.70. The van der Waals surface area contributed by atoms with E-state index in [1.54, 1.807) is 0 Å². The maximum absolute atomic E-state index is 11.6. The molecule has 108 valence electrons. The van der Waals surface area contributed by atoms with Gasteiger partial charge in [0, 0.05) is 7.05 Å². The minimum atomic E-state index is -1.19. The van der Waals surface area contributed by atoms with Crippen LogP contribution in [0.5, 0.6) is 5.75 Å². The Balaban J connectivity index is 2.71. The fourth-order valence-corrected chi connectivity index (χ4v) is 1.41. The summed E-state index contributed by atoms with van der Waals surface area (Å²) in [5.74, 6) is -1.94. The van der Waals surface area contributed by atoms with Gasteiger partial charge in [-0.3, -0.25) is 4.79 Å². The summed E-state index contributed by atoms with van der Waals surface area (Å²) < 4.78 is 0. The predicted octanol–water partition coefficient (Wildman–Crippen LogP) is 0.346. The average molecular weight is 281 g/mol. The van der Waals surface area contributed by atoms with E-state index in [9.17, 15) is 19.5 Å². The van der Waals surface area contributed by atoms with Crippen molar-refractivity contribution in [1.29, 1.82) is 0 Å². The fourth-order valence-electron chi connectivity index (χ4n) is 1.41. The second-order valence-electron chi connectivity index (χ2n) is 3.97. The summed E-state index contributed by atoms with van der Waals surface area (Å²) in [5.41, 5.74) is -0.0659. The smallest absolute Gasteiger partial charge is 0.335 e. The second kappa shape index (κ2) is 6.41. The highest BCUT2D eigenvalue weighted by Gasteiger charge is 2.15. The van der Waals surface area contributed by atoms with Crippen molar-refractivity contribution in [2.75, 3.05) is 12.4 Å². The highest BCUT2D eigenvalue weighted by molar-refractivity contribution is 5.95. The van der Waals surface area contributed by atoms with Crippen LogP contribution in [0, 0.1) is 0 Å². The fraction of sp³-hybridized carbons (Fsp3) is 0.250. The number of aromatic hydroxyl groups is 1. The Morgan fingerprint density at radius 1 is 1.25 bits per heavy atom. The number of aromatic carboxylic acids is 1. The van der Waals surface area contributed by atoms with Gasteiger partial charge in [0.25, 0.3) is 0 Å². The molecule has 0 aliphatic heterocycles. The van der Waals surface area contributed by atoms with Gasteiger partial charge in [-0.25, -0.2) is 9.59 Å². The Morgan fingerprint density at radius 2 is 1.90 bits per heavy atom. The number of urea groups is 1. The minimum Gasteiger partial charge on any atom is -0.506 e. The monoisotopic (exact) mass is 281 g/mol. The van der Waals surface area contributed by atoms with Gasteiger partial charge >= 0.3 is 12.0 Å². The number of phenolic OH excluding ortho intramolecular Hbond substituents is 1. The highest BCUT2D eigenvalue weighted by Crippen LogP contribution is 2.24. The van der Waals surface area contributed by atoms with Crippen molar-refractivity contribution in [3.8, 4) is 5.75 Å². The number of benzene rings is 1. The molecule has 1 atom stereocenters. The zero-order valence-electron chi connectivity index (χ0n) is 10.9. The van der Waals surface area contributed by atoms with Gasteiger partial charge < -0.3 is 26.2 Å². The van der Waals surface area contributed by atoms with Crippen LogP contribution >= 0.6 is 0 Å². The quantitative estimate of drug-likeness (QED) is 0.509. The molecule has 1 aromatic rings. The Morgan fingerprint density at radius 3 is 2.40 bits per heavy atom. The first kappa shape index (κ1) is 15.3. The van der Waals surface area contributed by atoms with Crippen LogP contribution in [-0.2, 0) is 4.79 Å². The molecule has 0 fully saturated rings. The zero-order valence-corrected chi connectivity index (χ0v) is 10.9. The van der Waals surface area contributed by atoms with Crippen molar-refractivity contribution in [2.45, 2.75) is 13.0 Å². The van der Waals surface area contributed by atoms with Crippen molar-refractivity contribution in [3.63, 3.8) is 0 Å². The Hall–Kier alpha value is -2.77. The predicted molar refractivity (Wildman–Crippen MR) is 70.7 cm³/mol. The van der Waals surface area contributed by atoms with Gasteiger partial charge in [-0.2, -0.15) is 0 Å². The number of hydrogen-bond donors (Lipinski definition) is 5. The van der Waals surface area contributed by atoms with Gasteiger partial charge in [-0.15, -0.1) is 0 Å². The topological polar surface area (TPSA) is 128 Å². The van der Waals surface area contributed by atoms with E-state index in [0.29, 0.717) is 0 Å². The molecule has 0 radical (unpaired) electrons. The van der Waals surface area contributed by atoms with E-state index in [2.05, 4.69) is 16.0 Å². The molecule has 1 aromatic carbocycles. The Kier molecular flexibility index (Phi) is 4.90. The molecule has 20 heavy (non-hydrogen) atoms. The maximum Gasteiger partial charge on any atom is 0.335 e. The van der Waals surface area contributed by atoms with Crippen molar-refractivity contribution in [2.24, 2.45) is 0 Å². The molecule has 8 nitrogen and oxygen atoms in total. The number of carboxylic acid groups (broad SMARTS) is 1. The lowest BCUT2D eigenvalue weighted by Crippen LogP contribution is -2.45. The van der Waals surface area contributed by atoms with E-state index in [0.717, 1.165) is 6.07 Å². The van der Waals surface area contributed by atoms with Gasteiger partial charge in [-0.05, 0) is 25.1 Å². The molecule has 8 heteroatoms. The molecule has 0 spiro atoms. The number of anilines is 1. The third-order valence-electron chi connectivity index (χ3n) is 2.48. The first-order valence-corrected chi connectivity index (χ1v) is 5.70. The van der Waals surface area contributed by atoms with E-state index < -0.39 is 18.0 Å². The lowest BCUT2D eigenvalue weighted by atomic mass is 10.2. The summed E-state index contributed by atoms with van der Waals surface area (Å²) in [7, 11) is 1.44. The van der Waals surface area contributed by atoms with Crippen molar-refractivity contribution in [3.05, 3.63) is 23.8 Å². The molecule has 0 aromatic heterocycles. The number of carbonyl (C=O) groups is 3. The van der Waals surface area contributed by atoms with Crippen LogP contribution in [0.15, 0.2) is 18.2 Å². The van der Waals surface area contributed by atoms with E-state index in [1.165, 1.54) is 26.1 Å². The van der Waals surface area contributed by atoms with Crippen LogP contribution in [0.3, 0.4) is 0 Å². The number of likely N-dealkylation sites (N-methyl/N-ethyl adjacent to an activating group) is 1. The molecule has 1 rings (SSSR count). The molecule has 0 heterocycles. The number of nitrogens with one attached hydrogen (secondary N) is 3. The lowest BCUT2D eigenvalue weighted by Gasteiger charge is -2.13. The molecule has 0 saturated heterocycles. The Labute approximate surface area is 114 Å². The van der Waals surface area contributed by atoms with Gasteiger partial charge in [0.15, 0.2) is 0 Å². The second-order valence-corrected chi connectivity index (χ2v) is 3.97. The molecule has 0 aliphatic carbocycles. The average Bonchev–Trinajstić information content (AvgIpc) is 2.39.